The van der Waals surface area contributed by atoms with Crippen molar-refractivity contribution >= 4 is 5.91 Å². The minimum absolute atomic E-state index is 0.0586. The maximum Gasteiger partial charge on any atom is 0.257 e. The van der Waals surface area contributed by atoms with E-state index in [-0.39, 0.29) is 23.8 Å². The number of carbonyl (C=O) groups is 1. The van der Waals surface area contributed by atoms with Gasteiger partial charge in [0.1, 0.15) is 11.6 Å². The average molecular weight is 253 g/mol. The van der Waals surface area contributed by atoms with Crippen molar-refractivity contribution in [1.29, 1.82) is 0 Å². The van der Waals surface area contributed by atoms with Crippen LogP contribution in [0.1, 0.15) is 23.7 Å². The standard InChI is InChI=1S/C13H16FNO3/c1-8-4-5-15(7-12(8)17)13(18)10-6-9(14)2-3-11(10)16/h2-3,6,8,12,16-17H,4-5,7H2,1H3. The summed E-state index contributed by atoms with van der Waals surface area (Å²) >= 11 is 0. The Labute approximate surface area is 105 Å². The molecule has 1 aromatic rings. The maximum absolute atomic E-state index is 13.1. The minimum Gasteiger partial charge on any atom is -0.507 e. The number of phenols is 1. The molecule has 2 atom stereocenters. The third kappa shape index (κ3) is 2.46. The lowest BCUT2D eigenvalue weighted by Crippen LogP contribution is -2.45. The molecule has 1 fully saturated rings. The Hall–Kier alpha value is -1.62. The average Bonchev–Trinajstić information content (AvgIpc) is 2.35. The van der Waals surface area contributed by atoms with E-state index in [1.54, 1.807) is 0 Å². The van der Waals surface area contributed by atoms with Gasteiger partial charge in [0.2, 0.25) is 0 Å². The SMILES string of the molecule is CC1CCN(C(=O)c2cc(F)ccc2O)CC1O. The maximum atomic E-state index is 13.1. The van der Waals surface area contributed by atoms with Crippen LogP contribution in [-0.4, -0.2) is 40.2 Å². The summed E-state index contributed by atoms with van der Waals surface area (Å²) in [6, 6.07) is 3.27. The van der Waals surface area contributed by atoms with Gasteiger partial charge in [0.15, 0.2) is 0 Å². The fraction of sp³-hybridized carbons (Fsp3) is 0.462. The Morgan fingerprint density at radius 3 is 2.89 bits per heavy atom. The molecule has 1 aliphatic heterocycles. The molecule has 2 rings (SSSR count). The molecule has 98 valence electrons. The largest absolute Gasteiger partial charge is 0.507 e. The van der Waals surface area contributed by atoms with E-state index in [9.17, 15) is 19.4 Å². The van der Waals surface area contributed by atoms with Crippen LogP contribution in [0.15, 0.2) is 18.2 Å². The zero-order valence-corrected chi connectivity index (χ0v) is 10.1. The van der Waals surface area contributed by atoms with Crippen LogP contribution in [-0.2, 0) is 0 Å². The van der Waals surface area contributed by atoms with Crippen LogP contribution in [0.4, 0.5) is 4.39 Å². The summed E-state index contributed by atoms with van der Waals surface area (Å²) in [6.07, 6.45) is 0.126. The third-order valence-corrected chi connectivity index (χ3v) is 3.39. The van der Waals surface area contributed by atoms with Gasteiger partial charge in [-0.25, -0.2) is 4.39 Å². The molecule has 1 saturated heterocycles. The van der Waals surface area contributed by atoms with Gasteiger partial charge in [0.25, 0.3) is 5.91 Å². The Morgan fingerprint density at radius 2 is 2.22 bits per heavy atom. The number of phenolic OH excluding ortho intramolecular Hbond substituents is 1. The van der Waals surface area contributed by atoms with Gasteiger partial charge < -0.3 is 15.1 Å². The summed E-state index contributed by atoms with van der Waals surface area (Å²) in [6.45, 7) is 2.65. The predicted molar refractivity (Wildman–Crippen MR) is 63.8 cm³/mol. The number of piperidine rings is 1. The van der Waals surface area contributed by atoms with Crippen molar-refractivity contribution < 1.29 is 19.4 Å². The highest BCUT2D eigenvalue weighted by Gasteiger charge is 2.29. The topological polar surface area (TPSA) is 60.8 Å². The first-order valence-electron chi connectivity index (χ1n) is 5.95. The van der Waals surface area contributed by atoms with Gasteiger partial charge in [-0.15, -0.1) is 0 Å². The number of likely N-dealkylation sites (tertiary alicyclic amines) is 1. The zero-order chi connectivity index (χ0) is 13.3. The van der Waals surface area contributed by atoms with Crippen LogP contribution < -0.4 is 0 Å². The number of aromatic hydroxyl groups is 1. The van der Waals surface area contributed by atoms with Crippen molar-refractivity contribution in [2.24, 2.45) is 5.92 Å². The molecule has 5 heteroatoms. The van der Waals surface area contributed by atoms with Crippen molar-refractivity contribution in [3.8, 4) is 5.75 Å². The quantitative estimate of drug-likeness (QED) is 0.794. The number of rotatable bonds is 1. The van der Waals surface area contributed by atoms with Crippen LogP contribution in [0.2, 0.25) is 0 Å². The van der Waals surface area contributed by atoms with E-state index in [2.05, 4.69) is 0 Å². The molecule has 1 amide bonds. The van der Waals surface area contributed by atoms with E-state index in [4.69, 9.17) is 0 Å². The lowest BCUT2D eigenvalue weighted by molar-refractivity contribution is 0.0246. The smallest absolute Gasteiger partial charge is 0.257 e. The molecule has 18 heavy (non-hydrogen) atoms. The van der Waals surface area contributed by atoms with E-state index in [0.29, 0.717) is 13.0 Å². The Kier molecular flexibility index (Phi) is 3.52. The van der Waals surface area contributed by atoms with Crippen LogP contribution in [0.25, 0.3) is 0 Å². The molecule has 0 bridgehead atoms. The van der Waals surface area contributed by atoms with Crippen molar-refractivity contribution in [1.82, 2.24) is 4.90 Å². The molecule has 0 spiro atoms. The Bertz CT molecular complexity index is 464. The molecule has 1 aliphatic rings. The van der Waals surface area contributed by atoms with E-state index in [1.165, 1.54) is 4.90 Å². The van der Waals surface area contributed by atoms with Gasteiger partial charge in [-0.2, -0.15) is 0 Å². The first-order chi connectivity index (χ1) is 8.49. The lowest BCUT2D eigenvalue weighted by Gasteiger charge is -2.34. The first-order valence-corrected chi connectivity index (χ1v) is 5.95. The fourth-order valence-corrected chi connectivity index (χ4v) is 2.08. The summed E-state index contributed by atoms with van der Waals surface area (Å²) in [7, 11) is 0. The number of benzene rings is 1. The summed E-state index contributed by atoms with van der Waals surface area (Å²) in [5.74, 6) is -1.11. The highest BCUT2D eigenvalue weighted by Crippen LogP contribution is 2.23. The molecule has 0 aromatic heterocycles. The predicted octanol–water partition coefficient (Wildman–Crippen LogP) is 1.37. The molecule has 1 aromatic carbocycles. The number of hydrogen-bond donors (Lipinski definition) is 2. The van der Waals surface area contributed by atoms with Crippen LogP contribution in [0.3, 0.4) is 0 Å². The second-order valence-electron chi connectivity index (χ2n) is 4.75. The number of hydrogen-bond acceptors (Lipinski definition) is 3. The normalized spacial score (nSPS) is 24.1. The summed E-state index contributed by atoms with van der Waals surface area (Å²) in [5.41, 5.74) is -0.0586. The van der Waals surface area contributed by atoms with Gasteiger partial charge >= 0.3 is 0 Å². The van der Waals surface area contributed by atoms with Crippen LogP contribution in [0.5, 0.6) is 5.75 Å². The van der Waals surface area contributed by atoms with Crippen molar-refractivity contribution in [3.63, 3.8) is 0 Å². The first kappa shape index (κ1) is 12.8. The zero-order valence-electron chi connectivity index (χ0n) is 10.1. The van der Waals surface area contributed by atoms with Gasteiger partial charge in [0, 0.05) is 13.1 Å². The highest BCUT2D eigenvalue weighted by atomic mass is 19.1. The molecule has 2 N–H and O–H groups in total. The Morgan fingerprint density at radius 1 is 1.50 bits per heavy atom. The molecular weight excluding hydrogens is 237 g/mol. The van der Waals surface area contributed by atoms with Gasteiger partial charge in [-0.3, -0.25) is 4.79 Å². The molecular formula is C13H16FNO3. The lowest BCUT2D eigenvalue weighted by atomic mass is 9.95. The van der Waals surface area contributed by atoms with Crippen molar-refractivity contribution in [2.45, 2.75) is 19.4 Å². The van der Waals surface area contributed by atoms with E-state index in [1.807, 2.05) is 6.92 Å². The third-order valence-electron chi connectivity index (χ3n) is 3.39. The summed E-state index contributed by atoms with van der Waals surface area (Å²) in [5, 5.41) is 19.3. The summed E-state index contributed by atoms with van der Waals surface area (Å²) < 4.78 is 13.1. The number of β-amino-alcohol motifs (C(OH)–C–C–N with tert-alkyl or cyclic N) is 1. The number of carbonyl (C=O) groups excluding carboxylic acids is 1. The van der Waals surface area contributed by atoms with E-state index in [0.717, 1.165) is 18.2 Å². The van der Waals surface area contributed by atoms with Crippen molar-refractivity contribution in [3.05, 3.63) is 29.6 Å². The number of nitrogens with zero attached hydrogens (tertiary/aromatic N) is 1. The second-order valence-corrected chi connectivity index (χ2v) is 4.75. The number of halogens is 1. The molecule has 2 unspecified atom stereocenters. The highest BCUT2D eigenvalue weighted by molar-refractivity contribution is 5.96. The molecule has 0 saturated carbocycles. The monoisotopic (exact) mass is 253 g/mol. The number of aliphatic hydroxyl groups excluding tert-OH is 1. The van der Waals surface area contributed by atoms with Crippen molar-refractivity contribution in [2.75, 3.05) is 13.1 Å². The molecule has 1 heterocycles. The molecule has 0 aliphatic carbocycles. The Balaban J connectivity index is 2.19. The van der Waals surface area contributed by atoms with Crippen LogP contribution >= 0.6 is 0 Å². The number of amides is 1. The second kappa shape index (κ2) is 4.94. The van der Waals surface area contributed by atoms with Gasteiger partial charge in [-0.05, 0) is 30.5 Å². The number of aliphatic hydroxyl groups is 1. The van der Waals surface area contributed by atoms with Crippen LogP contribution in [0, 0.1) is 11.7 Å². The summed E-state index contributed by atoms with van der Waals surface area (Å²) in [4.78, 5) is 13.6. The van der Waals surface area contributed by atoms with Gasteiger partial charge in [-0.1, -0.05) is 6.92 Å². The minimum atomic E-state index is -0.571. The molecule has 0 radical (unpaired) electrons. The van der Waals surface area contributed by atoms with E-state index >= 15 is 0 Å². The molecule has 4 nitrogen and oxygen atoms in total. The van der Waals surface area contributed by atoms with E-state index < -0.39 is 17.8 Å². The fourth-order valence-electron chi connectivity index (χ4n) is 2.08. The van der Waals surface area contributed by atoms with Gasteiger partial charge in [0.05, 0.1) is 11.7 Å².